The first-order valence-corrected chi connectivity index (χ1v) is 8.15. The molecule has 2 N–H and O–H groups in total. The van der Waals surface area contributed by atoms with E-state index in [1.807, 2.05) is 0 Å². The number of aromatic amines is 1. The maximum atomic E-state index is 12.3. The fourth-order valence-corrected chi connectivity index (χ4v) is 3.90. The zero-order valence-electron chi connectivity index (χ0n) is 12.3. The highest BCUT2D eigenvalue weighted by Crippen LogP contribution is 2.38. The quantitative estimate of drug-likeness (QED) is 0.849. The van der Waals surface area contributed by atoms with Crippen LogP contribution in [0.1, 0.15) is 51.1 Å². The van der Waals surface area contributed by atoms with Crippen LogP contribution in [0.3, 0.4) is 0 Å². The van der Waals surface area contributed by atoms with Gasteiger partial charge in [-0.3, -0.25) is 9.89 Å². The molecular formula is C15H17N3O3S. The average molecular weight is 319 g/mol. The van der Waals surface area contributed by atoms with Gasteiger partial charge in [0.15, 0.2) is 0 Å². The second-order valence-electron chi connectivity index (χ2n) is 5.05. The summed E-state index contributed by atoms with van der Waals surface area (Å²) in [4.78, 5) is 25.6. The number of esters is 1. The lowest BCUT2D eigenvalue weighted by atomic mass is 9.95. The Morgan fingerprint density at radius 2 is 2.23 bits per heavy atom. The highest BCUT2D eigenvalue weighted by atomic mass is 32.1. The van der Waals surface area contributed by atoms with Gasteiger partial charge in [0.25, 0.3) is 5.91 Å². The number of aryl methyl sites for hydroxylation is 1. The van der Waals surface area contributed by atoms with E-state index >= 15 is 0 Å². The van der Waals surface area contributed by atoms with Crippen LogP contribution in [0.4, 0.5) is 5.00 Å². The molecule has 0 fully saturated rings. The second kappa shape index (κ2) is 6.31. The number of H-pyrrole nitrogens is 1. The molecule has 6 nitrogen and oxygen atoms in total. The minimum absolute atomic E-state index is 0.293. The molecule has 1 aliphatic rings. The zero-order valence-corrected chi connectivity index (χ0v) is 13.1. The normalized spacial score (nSPS) is 13.5. The van der Waals surface area contributed by atoms with E-state index in [1.54, 1.807) is 19.2 Å². The predicted molar refractivity (Wildman–Crippen MR) is 83.5 cm³/mol. The van der Waals surface area contributed by atoms with Gasteiger partial charge in [0, 0.05) is 11.1 Å². The number of amides is 1. The molecule has 1 amide bonds. The first-order chi connectivity index (χ1) is 10.7. The molecule has 0 aromatic carbocycles. The smallest absolute Gasteiger partial charge is 0.341 e. The Balaban J connectivity index is 1.94. The van der Waals surface area contributed by atoms with Crippen LogP contribution in [0.25, 0.3) is 0 Å². The van der Waals surface area contributed by atoms with E-state index < -0.39 is 0 Å². The Labute approximate surface area is 131 Å². The molecule has 0 saturated carbocycles. The number of rotatable bonds is 4. The number of anilines is 1. The molecule has 1 aliphatic carbocycles. The number of carbonyl (C=O) groups excluding carboxylic acids is 2. The number of nitrogens with one attached hydrogen (secondary N) is 2. The maximum Gasteiger partial charge on any atom is 0.341 e. The molecule has 0 spiro atoms. The molecule has 22 heavy (non-hydrogen) atoms. The van der Waals surface area contributed by atoms with Crippen molar-refractivity contribution < 1.29 is 14.3 Å². The first kappa shape index (κ1) is 14.8. The van der Waals surface area contributed by atoms with E-state index in [4.69, 9.17) is 4.74 Å². The molecule has 0 saturated heterocycles. The Morgan fingerprint density at radius 3 is 2.95 bits per heavy atom. The summed E-state index contributed by atoms with van der Waals surface area (Å²) in [7, 11) is 0. The van der Waals surface area contributed by atoms with Crippen molar-refractivity contribution in [1.82, 2.24) is 10.2 Å². The van der Waals surface area contributed by atoms with Crippen LogP contribution in [-0.2, 0) is 17.6 Å². The summed E-state index contributed by atoms with van der Waals surface area (Å²) in [5, 5.41) is 9.83. The van der Waals surface area contributed by atoms with E-state index in [2.05, 4.69) is 15.5 Å². The molecule has 0 unspecified atom stereocenters. The first-order valence-electron chi connectivity index (χ1n) is 7.33. The third kappa shape index (κ3) is 2.76. The zero-order chi connectivity index (χ0) is 15.5. The van der Waals surface area contributed by atoms with Crippen LogP contribution in [0.15, 0.2) is 12.3 Å². The third-order valence-corrected chi connectivity index (χ3v) is 4.82. The monoisotopic (exact) mass is 319 g/mol. The summed E-state index contributed by atoms with van der Waals surface area (Å²) in [6.07, 6.45) is 5.56. The number of fused-ring (bicyclic) bond motifs is 1. The number of thiophene rings is 1. The van der Waals surface area contributed by atoms with Gasteiger partial charge in [0.1, 0.15) is 10.7 Å². The van der Waals surface area contributed by atoms with Gasteiger partial charge in [-0.2, -0.15) is 5.10 Å². The Hall–Kier alpha value is -2.15. The van der Waals surface area contributed by atoms with Crippen LogP contribution in [-0.4, -0.2) is 28.7 Å². The SMILES string of the molecule is CCOC(=O)c1c(NC(=O)c2cc[nH]n2)sc2c1CCCC2. The predicted octanol–water partition coefficient (Wildman–Crippen LogP) is 2.78. The van der Waals surface area contributed by atoms with Gasteiger partial charge in [-0.05, 0) is 44.2 Å². The van der Waals surface area contributed by atoms with Crippen molar-refractivity contribution in [3.63, 3.8) is 0 Å². The summed E-state index contributed by atoms with van der Waals surface area (Å²) < 4.78 is 5.16. The van der Waals surface area contributed by atoms with Crippen LogP contribution in [0.5, 0.6) is 0 Å². The lowest BCUT2D eigenvalue weighted by Crippen LogP contribution is -2.16. The van der Waals surface area contributed by atoms with E-state index in [1.165, 1.54) is 16.2 Å². The van der Waals surface area contributed by atoms with Gasteiger partial charge < -0.3 is 10.1 Å². The summed E-state index contributed by atoms with van der Waals surface area (Å²) in [6, 6.07) is 1.59. The van der Waals surface area contributed by atoms with Crippen molar-refractivity contribution in [3.05, 3.63) is 34.0 Å². The van der Waals surface area contributed by atoms with E-state index in [9.17, 15) is 9.59 Å². The molecule has 2 aromatic heterocycles. The number of ether oxygens (including phenoxy) is 1. The van der Waals surface area contributed by atoms with Crippen LogP contribution >= 0.6 is 11.3 Å². The number of carbonyl (C=O) groups is 2. The highest BCUT2D eigenvalue weighted by Gasteiger charge is 2.27. The van der Waals surface area contributed by atoms with Crippen molar-refractivity contribution in [2.45, 2.75) is 32.6 Å². The van der Waals surface area contributed by atoms with Gasteiger partial charge in [-0.25, -0.2) is 4.79 Å². The standard InChI is InChI=1S/C15H17N3O3S/c1-2-21-15(20)12-9-5-3-4-6-11(9)22-14(12)17-13(19)10-7-8-16-18-10/h7-8H,2-6H2,1H3,(H,16,18)(H,17,19). The lowest BCUT2D eigenvalue weighted by molar-refractivity contribution is 0.0526. The molecule has 7 heteroatoms. The van der Waals surface area contributed by atoms with Crippen LogP contribution < -0.4 is 5.32 Å². The van der Waals surface area contributed by atoms with Crippen LogP contribution in [0.2, 0.25) is 0 Å². The summed E-state index contributed by atoms with van der Waals surface area (Å²) in [6.45, 7) is 2.09. The largest absolute Gasteiger partial charge is 0.462 e. The minimum atomic E-state index is -0.362. The molecule has 0 radical (unpaired) electrons. The number of hydrogen-bond donors (Lipinski definition) is 2. The molecule has 116 valence electrons. The molecule has 0 aliphatic heterocycles. The molecule has 2 heterocycles. The van der Waals surface area contributed by atoms with Crippen molar-refractivity contribution >= 4 is 28.2 Å². The highest BCUT2D eigenvalue weighted by molar-refractivity contribution is 7.17. The van der Waals surface area contributed by atoms with Crippen molar-refractivity contribution in [3.8, 4) is 0 Å². The Kier molecular flexibility index (Phi) is 4.24. The van der Waals surface area contributed by atoms with Crippen LogP contribution in [0, 0.1) is 0 Å². The Morgan fingerprint density at radius 1 is 1.41 bits per heavy atom. The van der Waals surface area contributed by atoms with Gasteiger partial charge >= 0.3 is 5.97 Å². The van der Waals surface area contributed by atoms with Gasteiger partial charge in [-0.1, -0.05) is 0 Å². The van der Waals surface area contributed by atoms with Crippen molar-refractivity contribution in [2.24, 2.45) is 0 Å². The molecule has 3 rings (SSSR count). The molecular weight excluding hydrogens is 302 g/mol. The van der Waals surface area contributed by atoms with Gasteiger partial charge in [-0.15, -0.1) is 11.3 Å². The fourth-order valence-electron chi connectivity index (χ4n) is 2.63. The molecule has 2 aromatic rings. The van der Waals surface area contributed by atoms with Gasteiger partial charge in [0.2, 0.25) is 0 Å². The van der Waals surface area contributed by atoms with Crippen molar-refractivity contribution in [1.29, 1.82) is 0 Å². The number of nitrogens with zero attached hydrogens (tertiary/aromatic N) is 1. The Bertz CT molecular complexity index is 691. The van der Waals surface area contributed by atoms with Crippen molar-refractivity contribution in [2.75, 3.05) is 11.9 Å². The third-order valence-electron chi connectivity index (χ3n) is 3.61. The fraction of sp³-hybridized carbons (Fsp3) is 0.400. The summed E-state index contributed by atoms with van der Waals surface area (Å²) in [5.41, 5.74) is 1.85. The maximum absolute atomic E-state index is 12.3. The average Bonchev–Trinajstić information content (AvgIpc) is 3.14. The topological polar surface area (TPSA) is 84.1 Å². The minimum Gasteiger partial charge on any atom is -0.462 e. The summed E-state index contributed by atoms with van der Waals surface area (Å²) in [5.74, 6) is -0.690. The lowest BCUT2D eigenvalue weighted by Gasteiger charge is -2.12. The van der Waals surface area contributed by atoms with E-state index in [0.717, 1.165) is 31.2 Å². The van der Waals surface area contributed by atoms with E-state index in [-0.39, 0.29) is 11.9 Å². The van der Waals surface area contributed by atoms with Gasteiger partial charge in [0.05, 0.1) is 12.2 Å². The second-order valence-corrected chi connectivity index (χ2v) is 6.15. The molecule has 0 bridgehead atoms. The molecule has 0 atom stereocenters. The van der Waals surface area contributed by atoms with E-state index in [0.29, 0.717) is 22.9 Å². The number of hydrogen-bond acceptors (Lipinski definition) is 5. The summed E-state index contributed by atoms with van der Waals surface area (Å²) >= 11 is 1.47. The number of aromatic nitrogens is 2.